The summed E-state index contributed by atoms with van der Waals surface area (Å²) in [7, 11) is -2.47. The highest BCUT2D eigenvalue weighted by atomic mass is 32.2. The van der Waals surface area contributed by atoms with Gasteiger partial charge < -0.3 is 10.1 Å². The summed E-state index contributed by atoms with van der Waals surface area (Å²) < 4.78 is 44.3. The fourth-order valence-electron chi connectivity index (χ4n) is 4.10. The zero-order valence-corrected chi connectivity index (χ0v) is 18.4. The van der Waals surface area contributed by atoms with E-state index < -0.39 is 21.6 Å². The molecule has 1 aliphatic carbocycles. The number of anilines is 1. The molecule has 1 aliphatic rings. The number of methoxy groups -OCH3 is 1. The number of sulfone groups is 1. The maximum absolute atomic E-state index is 13.6. The van der Waals surface area contributed by atoms with Gasteiger partial charge in [0.1, 0.15) is 5.82 Å². The van der Waals surface area contributed by atoms with Crippen molar-refractivity contribution in [3.8, 4) is 0 Å². The summed E-state index contributed by atoms with van der Waals surface area (Å²) in [5.74, 6) is -0.876. The van der Waals surface area contributed by atoms with E-state index in [2.05, 4.69) is 10.3 Å². The highest BCUT2D eigenvalue weighted by Crippen LogP contribution is 2.34. The van der Waals surface area contributed by atoms with Crippen molar-refractivity contribution < 1.29 is 22.3 Å². The monoisotopic (exact) mass is 454 g/mol. The third-order valence-corrected chi connectivity index (χ3v) is 7.48. The van der Waals surface area contributed by atoms with E-state index in [0.29, 0.717) is 17.8 Å². The molecule has 6 nitrogen and oxygen atoms in total. The molecule has 32 heavy (non-hydrogen) atoms. The second-order valence-corrected chi connectivity index (χ2v) is 9.65. The number of esters is 1. The van der Waals surface area contributed by atoms with Crippen LogP contribution in [0.2, 0.25) is 0 Å². The molecule has 166 valence electrons. The Labute approximate surface area is 186 Å². The Kier molecular flexibility index (Phi) is 6.23. The van der Waals surface area contributed by atoms with Crippen LogP contribution in [0, 0.1) is 5.82 Å². The number of aryl methyl sites for hydroxylation is 1. The van der Waals surface area contributed by atoms with Crippen LogP contribution < -0.4 is 5.32 Å². The van der Waals surface area contributed by atoms with E-state index in [0.717, 1.165) is 36.5 Å². The van der Waals surface area contributed by atoms with E-state index in [1.54, 1.807) is 24.4 Å². The number of halogens is 1. The fraction of sp³-hybridized carbons (Fsp3) is 0.250. The molecule has 0 spiro atoms. The SMILES string of the molecule is COC(=O)c1ccncc1NCC1CCCc2cc(S(=O)(=O)c3cccc(F)c3)ccc21. The predicted molar refractivity (Wildman–Crippen MR) is 118 cm³/mol. The Hall–Kier alpha value is -3.26. The van der Waals surface area contributed by atoms with Crippen LogP contribution in [-0.4, -0.2) is 33.0 Å². The minimum absolute atomic E-state index is 0.0570. The van der Waals surface area contributed by atoms with Gasteiger partial charge in [0, 0.05) is 18.7 Å². The first kappa shape index (κ1) is 22.0. The molecule has 0 fully saturated rings. The van der Waals surface area contributed by atoms with Gasteiger partial charge in [0.2, 0.25) is 9.84 Å². The van der Waals surface area contributed by atoms with Crippen LogP contribution in [0.15, 0.2) is 70.7 Å². The maximum atomic E-state index is 13.6. The Balaban J connectivity index is 1.58. The minimum atomic E-state index is -3.80. The molecule has 1 heterocycles. The highest BCUT2D eigenvalue weighted by molar-refractivity contribution is 7.91. The number of nitrogens with zero attached hydrogens (tertiary/aromatic N) is 1. The molecular formula is C24H23FN2O4S. The third-order valence-electron chi connectivity index (χ3n) is 5.73. The summed E-state index contributed by atoms with van der Waals surface area (Å²) in [6.07, 6.45) is 5.75. The molecule has 1 N–H and O–H groups in total. The number of ether oxygens (including phenoxy) is 1. The number of carbonyl (C=O) groups is 1. The molecule has 0 radical (unpaired) electrons. The van der Waals surface area contributed by atoms with Gasteiger partial charge in [-0.15, -0.1) is 0 Å². The molecule has 8 heteroatoms. The topological polar surface area (TPSA) is 85.4 Å². The average Bonchev–Trinajstić information content (AvgIpc) is 2.82. The fourth-order valence-corrected chi connectivity index (χ4v) is 5.44. The van der Waals surface area contributed by atoms with Crippen molar-refractivity contribution in [1.82, 2.24) is 4.98 Å². The zero-order chi connectivity index (χ0) is 22.7. The number of nitrogens with one attached hydrogen (secondary N) is 1. The number of benzene rings is 2. The summed E-state index contributed by atoms with van der Waals surface area (Å²) in [4.78, 5) is 16.2. The lowest BCUT2D eigenvalue weighted by molar-refractivity contribution is 0.0601. The van der Waals surface area contributed by atoms with E-state index in [9.17, 15) is 17.6 Å². The Morgan fingerprint density at radius 2 is 2.00 bits per heavy atom. The molecule has 0 saturated heterocycles. The van der Waals surface area contributed by atoms with Gasteiger partial charge >= 0.3 is 5.97 Å². The molecule has 1 unspecified atom stereocenters. The van der Waals surface area contributed by atoms with Crippen LogP contribution in [0.4, 0.5) is 10.1 Å². The van der Waals surface area contributed by atoms with Gasteiger partial charge in [0.15, 0.2) is 0 Å². The number of fused-ring (bicyclic) bond motifs is 1. The van der Waals surface area contributed by atoms with Crippen molar-refractivity contribution in [1.29, 1.82) is 0 Å². The predicted octanol–water partition coefficient (Wildman–Crippen LogP) is 4.37. The van der Waals surface area contributed by atoms with Gasteiger partial charge in [-0.2, -0.15) is 0 Å². The second-order valence-electron chi connectivity index (χ2n) is 7.70. The van der Waals surface area contributed by atoms with Gasteiger partial charge in [-0.25, -0.2) is 17.6 Å². The molecule has 0 saturated carbocycles. The summed E-state index contributed by atoms with van der Waals surface area (Å²) in [5, 5.41) is 3.29. The van der Waals surface area contributed by atoms with Crippen molar-refractivity contribution in [2.75, 3.05) is 19.0 Å². The van der Waals surface area contributed by atoms with Gasteiger partial charge in [0.25, 0.3) is 0 Å². The largest absolute Gasteiger partial charge is 0.465 e. The number of rotatable bonds is 6. The van der Waals surface area contributed by atoms with Gasteiger partial charge in [-0.05, 0) is 66.8 Å². The molecule has 0 amide bonds. The molecule has 3 aromatic rings. The summed E-state index contributed by atoms with van der Waals surface area (Å²) in [5.41, 5.74) is 3.05. The van der Waals surface area contributed by atoms with E-state index in [-0.39, 0.29) is 15.7 Å². The average molecular weight is 455 g/mol. The van der Waals surface area contributed by atoms with Crippen LogP contribution in [0.5, 0.6) is 0 Å². The van der Waals surface area contributed by atoms with Crippen LogP contribution in [0.3, 0.4) is 0 Å². The number of hydrogen-bond acceptors (Lipinski definition) is 6. The smallest absolute Gasteiger partial charge is 0.340 e. The summed E-state index contributed by atoms with van der Waals surface area (Å²) in [6, 6.07) is 11.8. The number of hydrogen-bond donors (Lipinski definition) is 1. The maximum Gasteiger partial charge on any atom is 0.340 e. The molecule has 1 aromatic heterocycles. The molecule has 0 aliphatic heterocycles. The highest BCUT2D eigenvalue weighted by Gasteiger charge is 2.25. The second kappa shape index (κ2) is 9.08. The standard InChI is InChI=1S/C24H23FN2O4S/c1-31-24(28)22-10-11-26-15-23(22)27-14-17-5-2-4-16-12-20(8-9-21(16)17)32(29,30)19-7-3-6-18(25)13-19/h3,6-13,15,17,27H,2,4-5,14H2,1H3. The molecule has 1 atom stereocenters. The minimum Gasteiger partial charge on any atom is -0.465 e. The molecular weight excluding hydrogens is 431 g/mol. The quantitative estimate of drug-likeness (QED) is 0.557. The van der Waals surface area contributed by atoms with Crippen LogP contribution in [0.1, 0.15) is 40.2 Å². The Bertz CT molecular complexity index is 1260. The lowest BCUT2D eigenvalue weighted by Gasteiger charge is -2.27. The Morgan fingerprint density at radius 3 is 2.78 bits per heavy atom. The van der Waals surface area contributed by atoms with Crippen molar-refractivity contribution in [2.24, 2.45) is 0 Å². The van der Waals surface area contributed by atoms with E-state index in [4.69, 9.17) is 4.74 Å². The van der Waals surface area contributed by atoms with Crippen molar-refractivity contribution in [2.45, 2.75) is 35.0 Å². The summed E-state index contributed by atoms with van der Waals surface area (Å²) >= 11 is 0. The van der Waals surface area contributed by atoms with Gasteiger partial charge in [0.05, 0.1) is 34.3 Å². The van der Waals surface area contributed by atoms with Gasteiger partial charge in [-0.1, -0.05) is 12.1 Å². The van der Waals surface area contributed by atoms with Crippen LogP contribution in [0.25, 0.3) is 0 Å². The Morgan fingerprint density at radius 1 is 1.19 bits per heavy atom. The van der Waals surface area contributed by atoms with E-state index >= 15 is 0 Å². The number of pyridine rings is 1. The summed E-state index contributed by atoms with van der Waals surface area (Å²) in [6.45, 7) is 0.568. The first-order valence-corrected chi connectivity index (χ1v) is 11.8. The lowest BCUT2D eigenvalue weighted by atomic mass is 9.83. The number of aromatic nitrogens is 1. The van der Waals surface area contributed by atoms with Crippen molar-refractivity contribution in [3.05, 3.63) is 83.4 Å². The first-order chi connectivity index (χ1) is 15.4. The molecule has 0 bridgehead atoms. The van der Waals surface area contributed by atoms with E-state index in [1.165, 1.54) is 31.5 Å². The first-order valence-electron chi connectivity index (χ1n) is 10.3. The third kappa shape index (κ3) is 4.36. The van der Waals surface area contributed by atoms with Crippen molar-refractivity contribution >= 4 is 21.5 Å². The zero-order valence-electron chi connectivity index (χ0n) is 17.5. The van der Waals surface area contributed by atoms with Crippen LogP contribution >= 0.6 is 0 Å². The van der Waals surface area contributed by atoms with Crippen LogP contribution in [-0.2, 0) is 21.0 Å². The van der Waals surface area contributed by atoms with Crippen molar-refractivity contribution in [3.63, 3.8) is 0 Å². The normalized spacial score (nSPS) is 15.6. The lowest BCUT2D eigenvalue weighted by Crippen LogP contribution is -2.20. The van der Waals surface area contributed by atoms with Gasteiger partial charge in [-0.3, -0.25) is 4.98 Å². The molecule has 2 aromatic carbocycles. The van der Waals surface area contributed by atoms with E-state index in [1.807, 2.05) is 6.07 Å². The number of carbonyl (C=O) groups excluding carboxylic acids is 1. The molecule has 4 rings (SSSR count).